The van der Waals surface area contributed by atoms with Gasteiger partial charge in [0.1, 0.15) is 12.4 Å². The number of rotatable bonds is 4. The summed E-state index contributed by atoms with van der Waals surface area (Å²) in [5, 5.41) is 18.4. The SMILES string of the molecule is OB(O)c1ccccc1OCc1ccccc1.[HH].[HH]. The Morgan fingerprint density at radius 3 is 2.29 bits per heavy atom. The minimum atomic E-state index is -1.51. The average molecular weight is 232 g/mol. The maximum Gasteiger partial charge on any atom is 0.492 e. The Labute approximate surface area is 103 Å². The monoisotopic (exact) mass is 232 g/mol. The van der Waals surface area contributed by atoms with E-state index in [0.29, 0.717) is 17.8 Å². The quantitative estimate of drug-likeness (QED) is 0.784. The topological polar surface area (TPSA) is 49.7 Å². The molecule has 17 heavy (non-hydrogen) atoms. The molecule has 0 aliphatic rings. The molecule has 0 amide bonds. The minimum absolute atomic E-state index is 0. The molecule has 3 nitrogen and oxygen atoms in total. The predicted octanol–water partition coefficient (Wildman–Crippen LogP) is 1.44. The number of hydrogen-bond donors (Lipinski definition) is 2. The van der Waals surface area contributed by atoms with Crippen molar-refractivity contribution in [2.24, 2.45) is 0 Å². The fraction of sp³-hybridized carbons (Fsp3) is 0.0769. The lowest BCUT2D eigenvalue weighted by atomic mass is 9.79. The number of benzene rings is 2. The van der Waals surface area contributed by atoms with Crippen LogP contribution >= 0.6 is 0 Å². The minimum Gasteiger partial charge on any atom is -0.489 e. The van der Waals surface area contributed by atoms with E-state index in [1.165, 1.54) is 0 Å². The molecule has 90 valence electrons. The average Bonchev–Trinajstić information content (AvgIpc) is 2.38. The van der Waals surface area contributed by atoms with Crippen LogP contribution in [0.2, 0.25) is 0 Å². The molecule has 0 atom stereocenters. The molecule has 0 fully saturated rings. The summed E-state index contributed by atoms with van der Waals surface area (Å²) in [7, 11) is -1.51. The zero-order valence-corrected chi connectivity index (χ0v) is 9.28. The van der Waals surface area contributed by atoms with E-state index in [4.69, 9.17) is 4.74 Å². The molecule has 0 saturated carbocycles. The second-order valence-electron chi connectivity index (χ2n) is 3.69. The molecule has 4 heteroatoms. The molecule has 0 unspecified atom stereocenters. The summed E-state index contributed by atoms with van der Waals surface area (Å²) < 4.78 is 5.56. The first-order chi connectivity index (χ1) is 8.27. The Hall–Kier alpha value is -1.78. The van der Waals surface area contributed by atoms with Gasteiger partial charge >= 0.3 is 7.12 Å². The van der Waals surface area contributed by atoms with Gasteiger partial charge in [-0.25, -0.2) is 0 Å². The van der Waals surface area contributed by atoms with Crippen LogP contribution in [0.25, 0.3) is 0 Å². The molecule has 0 aromatic heterocycles. The smallest absolute Gasteiger partial charge is 0.489 e. The highest BCUT2D eigenvalue weighted by Gasteiger charge is 2.16. The Morgan fingerprint density at radius 1 is 0.941 bits per heavy atom. The molecule has 2 aromatic carbocycles. The van der Waals surface area contributed by atoms with Gasteiger partial charge in [-0.3, -0.25) is 0 Å². The third-order valence-electron chi connectivity index (χ3n) is 2.43. The number of ether oxygens (including phenoxy) is 1. The van der Waals surface area contributed by atoms with Gasteiger partial charge in [-0.15, -0.1) is 0 Å². The van der Waals surface area contributed by atoms with Crippen LogP contribution < -0.4 is 10.2 Å². The molecule has 0 saturated heterocycles. The second-order valence-corrected chi connectivity index (χ2v) is 3.69. The van der Waals surface area contributed by atoms with Crippen molar-refractivity contribution in [3.8, 4) is 5.75 Å². The van der Waals surface area contributed by atoms with Crippen molar-refractivity contribution >= 4 is 12.6 Å². The highest BCUT2D eigenvalue weighted by Crippen LogP contribution is 2.10. The van der Waals surface area contributed by atoms with E-state index >= 15 is 0 Å². The molecule has 2 N–H and O–H groups in total. The van der Waals surface area contributed by atoms with Crippen molar-refractivity contribution < 1.29 is 17.6 Å². The molecular formula is C13H17BO3. The van der Waals surface area contributed by atoms with E-state index in [2.05, 4.69) is 0 Å². The molecule has 0 radical (unpaired) electrons. The van der Waals surface area contributed by atoms with E-state index in [0.717, 1.165) is 5.56 Å². The first-order valence-electron chi connectivity index (χ1n) is 5.39. The van der Waals surface area contributed by atoms with Crippen LogP contribution in [0.15, 0.2) is 54.6 Å². The van der Waals surface area contributed by atoms with Crippen molar-refractivity contribution in [2.75, 3.05) is 0 Å². The van der Waals surface area contributed by atoms with Crippen molar-refractivity contribution in [3.05, 3.63) is 60.2 Å². The highest BCUT2D eigenvalue weighted by atomic mass is 16.5. The number of hydrogen-bond acceptors (Lipinski definition) is 3. The first kappa shape index (κ1) is 11.7. The van der Waals surface area contributed by atoms with Gasteiger partial charge < -0.3 is 14.8 Å². The van der Waals surface area contributed by atoms with Gasteiger partial charge in [-0.1, -0.05) is 48.5 Å². The summed E-state index contributed by atoms with van der Waals surface area (Å²) >= 11 is 0. The molecule has 0 spiro atoms. The molecule has 0 aliphatic heterocycles. The second kappa shape index (κ2) is 5.52. The van der Waals surface area contributed by atoms with Crippen LogP contribution in [0.3, 0.4) is 0 Å². The van der Waals surface area contributed by atoms with E-state index in [-0.39, 0.29) is 2.85 Å². The lowest BCUT2D eigenvalue weighted by Crippen LogP contribution is -2.31. The van der Waals surface area contributed by atoms with Crippen molar-refractivity contribution in [3.63, 3.8) is 0 Å². The summed E-state index contributed by atoms with van der Waals surface area (Å²) in [6.07, 6.45) is 0. The lowest BCUT2D eigenvalue weighted by Gasteiger charge is -2.10. The third-order valence-corrected chi connectivity index (χ3v) is 2.43. The van der Waals surface area contributed by atoms with Gasteiger partial charge in [0.05, 0.1) is 0 Å². The standard InChI is InChI=1S/C13H13BO3.2H2/c15-14(16)12-8-4-5-9-13(12)17-10-11-6-2-1-3-7-11;;/h1-9,15-16H,10H2;2*1H. The molecular weight excluding hydrogens is 215 g/mol. The fourth-order valence-corrected chi connectivity index (χ4v) is 1.56. The van der Waals surface area contributed by atoms with Crippen LogP contribution in [0.5, 0.6) is 5.75 Å². The molecule has 2 aromatic rings. The van der Waals surface area contributed by atoms with Crippen LogP contribution in [0.1, 0.15) is 8.42 Å². The van der Waals surface area contributed by atoms with Crippen LogP contribution in [0, 0.1) is 0 Å². The molecule has 0 aliphatic carbocycles. The van der Waals surface area contributed by atoms with Crippen LogP contribution in [0.4, 0.5) is 0 Å². The summed E-state index contributed by atoms with van der Waals surface area (Å²) in [4.78, 5) is 0. The van der Waals surface area contributed by atoms with E-state index in [1.807, 2.05) is 30.3 Å². The van der Waals surface area contributed by atoms with Gasteiger partial charge in [0.2, 0.25) is 0 Å². The van der Waals surface area contributed by atoms with Gasteiger partial charge in [0.15, 0.2) is 0 Å². The van der Waals surface area contributed by atoms with Crippen molar-refractivity contribution in [2.45, 2.75) is 6.61 Å². The van der Waals surface area contributed by atoms with Gasteiger partial charge in [-0.05, 0) is 11.6 Å². The van der Waals surface area contributed by atoms with Gasteiger partial charge in [0, 0.05) is 8.32 Å². The molecule has 0 heterocycles. The highest BCUT2D eigenvalue weighted by molar-refractivity contribution is 6.59. The van der Waals surface area contributed by atoms with E-state index in [9.17, 15) is 10.0 Å². The molecule has 0 bridgehead atoms. The zero-order chi connectivity index (χ0) is 12.1. The lowest BCUT2D eigenvalue weighted by molar-refractivity contribution is 0.306. The third kappa shape index (κ3) is 3.09. The van der Waals surface area contributed by atoms with Crippen LogP contribution in [-0.2, 0) is 6.61 Å². The maximum absolute atomic E-state index is 9.18. The van der Waals surface area contributed by atoms with Gasteiger partial charge in [-0.2, -0.15) is 0 Å². The fourth-order valence-electron chi connectivity index (χ4n) is 1.56. The Kier molecular flexibility index (Phi) is 3.80. The normalized spacial score (nSPS) is 10.0. The summed E-state index contributed by atoms with van der Waals surface area (Å²) in [5.74, 6) is 0.492. The largest absolute Gasteiger partial charge is 0.492 e. The van der Waals surface area contributed by atoms with Crippen LogP contribution in [-0.4, -0.2) is 17.2 Å². The van der Waals surface area contributed by atoms with Crippen molar-refractivity contribution in [1.29, 1.82) is 0 Å². The summed E-state index contributed by atoms with van der Waals surface area (Å²) in [5.41, 5.74) is 1.41. The predicted molar refractivity (Wildman–Crippen MR) is 71.3 cm³/mol. The maximum atomic E-state index is 9.18. The van der Waals surface area contributed by atoms with Crippen molar-refractivity contribution in [1.82, 2.24) is 0 Å². The Balaban J connectivity index is 0.00000162. The summed E-state index contributed by atoms with van der Waals surface area (Å²) in [6, 6.07) is 16.6. The van der Waals surface area contributed by atoms with Gasteiger partial charge in [0.25, 0.3) is 0 Å². The Morgan fingerprint density at radius 2 is 1.59 bits per heavy atom. The first-order valence-corrected chi connectivity index (χ1v) is 5.39. The Bertz CT molecular complexity index is 480. The molecule has 2 rings (SSSR count). The summed E-state index contributed by atoms with van der Waals surface area (Å²) in [6.45, 7) is 0.407. The van der Waals surface area contributed by atoms with E-state index in [1.54, 1.807) is 24.3 Å². The number of para-hydroxylation sites is 1. The van der Waals surface area contributed by atoms with E-state index < -0.39 is 7.12 Å². The zero-order valence-electron chi connectivity index (χ0n) is 9.28.